The topological polar surface area (TPSA) is 81.9 Å². The molecule has 0 fully saturated rings. The molecule has 1 heterocycles. The molecule has 1 aromatic heterocycles. The minimum atomic E-state index is -0.331. The van der Waals surface area contributed by atoms with Crippen LogP contribution in [0.5, 0.6) is 11.5 Å². The van der Waals surface area contributed by atoms with Crippen LogP contribution in [0, 0.1) is 0 Å². The number of rotatable bonds is 9. The lowest BCUT2D eigenvalue weighted by molar-refractivity contribution is -0.121. The summed E-state index contributed by atoms with van der Waals surface area (Å²) in [5.41, 5.74) is 5.58. The highest BCUT2D eigenvalue weighted by molar-refractivity contribution is 9.10. The summed E-state index contributed by atoms with van der Waals surface area (Å²) in [5, 5.41) is 5.94. The monoisotopic (exact) mass is 617 g/mol. The fourth-order valence-corrected chi connectivity index (χ4v) is 5.11. The number of aromatic nitrogens is 1. The van der Waals surface area contributed by atoms with Gasteiger partial charge in [0.1, 0.15) is 13.2 Å². The number of nitrogens with one attached hydrogen (secondary N) is 1. The van der Waals surface area contributed by atoms with Gasteiger partial charge in [-0.25, -0.2) is 5.43 Å². The molecular formula is C31H25BrClN3O4. The summed E-state index contributed by atoms with van der Waals surface area (Å²) in [7, 11) is 0. The summed E-state index contributed by atoms with van der Waals surface area (Å²) < 4.78 is 14.4. The molecule has 0 spiro atoms. The second kappa shape index (κ2) is 12.4. The van der Waals surface area contributed by atoms with Crippen molar-refractivity contribution in [2.75, 3.05) is 6.61 Å². The predicted molar refractivity (Wildman–Crippen MR) is 163 cm³/mol. The van der Waals surface area contributed by atoms with E-state index in [1.54, 1.807) is 18.2 Å². The van der Waals surface area contributed by atoms with Gasteiger partial charge in [-0.15, -0.1) is 0 Å². The first-order valence-electron chi connectivity index (χ1n) is 12.6. The number of pyridine rings is 1. The average Bonchev–Trinajstić information content (AvgIpc) is 2.96. The fraction of sp³-hybridized carbons (Fsp3) is 0.129. The van der Waals surface area contributed by atoms with Crippen LogP contribution in [0.1, 0.15) is 18.1 Å². The lowest BCUT2D eigenvalue weighted by Gasteiger charge is -2.15. The number of hydrogen-bond donors (Lipinski definition) is 1. The van der Waals surface area contributed by atoms with Crippen LogP contribution in [-0.4, -0.2) is 23.3 Å². The van der Waals surface area contributed by atoms with Crippen LogP contribution in [0.15, 0.2) is 99.3 Å². The molecule has 0 radical (unpaired) electrons. The standard InChI is InChI=1S/C31H25BrClN3O4/c1-2-39-28-16-21(15-25(32)31(28)40-19-20-11-13-22(33)14-12-20)17-34-35-29(37)18-36-26-9-5-3-7-23(26)30(38)24-8-4-6-10-27(24)36/h3-17H,2,18-19H2,1H3,(H,35,37)/b34-17-. The number of nitrogens with zero attached hydrogens (tertiary/aromatic N) is 2. The molecule has 0 unspecified atom stereocenters. The van der Waals surface area contributed by atoms with Crippen molar-refractivity contribution in [3.05, 3.63) is 116 Å². The fourth-order valence-electron chi connectivity index (χ4n) is 4.41. The van der Waals surface area contributed by atoms with Crippen molar-refractivity contribution in [2.45, 2.75) is 20.1 Å². The van der Waals surface area contributed by atoms with Crippen molar-refractivity contribution in [2.24, 2.45) is 5.10 Å². The summed E-state index contributed by atoms with van der Waals surface area (Å²) in [6, 6.07) is 25.6. The lowest BCUT2D eigenvalue weighted by atomic mass is 10.1. The summed E-state index contributed by atoms with van der Waals surface area (Å²) in [6.45, 7) is 2.67. The van der Waals surface area contributed by atoms with Gasteiger partial charge in [-0.1, -0.05) is 48.0 Å². The highest BCUT2D eigenvalue weighted by atomic mass is 79.9. The molecule has 202 valence electrons. The largest absolute Gasteiger partial charge is 0.490 e. The number of benzene rings is 4. The zero-order valence-corrected chi connectivity index (χ0v) is 23.9. The first-order chi connectivity index (χ1) is 19.4. The Morgan fingerprint density at radius 2 is 1.62 bits per heavy atom. The van der Waals surface area contributed by atoms with E-state index in [1.165, 1.54) is 6.21 Å². The minimum absolute atomic E-state index is 0.00991. The molecule has 0 atom stereocenters. The Morgan fingerprint density at radius 1 is 0.975 bits per heavy atom. The van der Waals surface area contributed by atoms with Crippen LogP contribution in [-0.2, 0) is 17.9 Å². The molecule has 0 aliphatic heterocycles. The Bertz CT molecular complexity index is 1720. The molecule has 1 N–H and O–H groups in total. The molecular weight excluding hydrogens is 594 g/mol. The van der Waals surface area contributed by atoms with Crippen LogP contribution in [0.25, 0.3) is 21.8 Å². The Kier molecular flexibility index (Phi) is 8.48. The summed E-state index contributed by atoms with van der Waals surface area (Å²) in [6.07, 6.45) is 1.54. The normalized spacial score (nSPS) is 11.3. The molecule has 0 aliphatic carbocycles. The number of carbonyl (C=O) groups is 1. The van der Waals surface area contributed by atoms with Crippen LogP contribution < -0.4 is 20.3 Å². The predicted octanol–water partition coefficient (Wildman–Crippen LogP) is 6.70. The van der Waals surface area contributed by atoms with Gasteiger partial charge in [0.15, 0.2) is 16.9 Å². The van der Waals surface area contributed by atoms with E-state index in [9.17, 15) is 9.59 Å². The molecule has 0 saturated heterocycles. The molecule has 5 rings (SSSR count). The maximum atomic E-state index is 12.9. The zero-order chi connectivity index (χ0) is 28.1. The zero-order valence-electron chi connectivity index (χ0n) is 21.6. The number of carbonyl (C=O) groups excluding carboxylic acids is 1. The van der Waals surface area contributed by atoms with Crippen LogP contribution in [0.4, 0.5) is 0 Å². The highest BCUT2D eigenvalue weighted by Crippen LogP contribution is 2.37. The Hall–Kier alpha value is -4.14. The van der Waals surface area contributed by atoms with E-state index < -0.39 is 0 Å². The van der Waals surface area contributed by atoms with E-state index in [1.807, 2.05) is 78.2 Å². The van der Waals surface area contributed by atoms with Gasteiger partial charge in [0.05, 0.1) is 28.3 Å². The van der Waals surface area contributed by atoms with Crippen molar-refractivity contribution in [1.82, 2.24) is 9.99 Å². The second-order valence-corrected chi connectivity index (χ2v) is 10.2. The molecule has 9 heteroatoms. The Morgan fingerprint density at radius 3 is 2.27 bits per heavy atom. The summed E-state index contributed by atoms with van der Waals surface area (Å²) in [4.78, 5) is 25.9. The molecule has 4 aromatic carbocycles. The summed E-state index contributed by atoms with van der Waals surface area (Å²) >= 11 is 9.54. The van der Waals surface area contributed by atoms with E-state index in [0.29, 0.717) is 61.6 Å². The Labute approximate surface area is 244 Å². The molecule has 40 heavy (non-hydrogen) atoms. The van der Waals surface area contributed by atoms with E-state index in [0.717, 1.165) is 5.56 Å². The van der Waals surface area contributed by atoms with Crippen LogP contribution in [0.3, 0.4) is 0 Å². The number of ether oxygens (including phenoxy) is 2. The average molecular weight is 619 g/mol. The molecule has 5 aromatic rings. The van der Waals surface area contributed by atoms with Crippen molar-refractivity contribution in [3.63, 3.8) is 0 Å². The summed E-state index contributed by atoms with van der Waals surface area (Å²) in [5.74, 6) is 0.780. The van der Waals surface area contributed by atoms with Gasteiger partial charge in [0, 0.05) is 15.8 Å². The third kappa shape index (κ3) is 6.03. The van der Waals surface area contributed by atoms with Gasteiger partial charge < -0.3 is 14.0 Å². The second-order valence-electron chi connectivity index (χ2n) is 8.92. The molecule has 0 bridgehead atoms. The van der Waals surface area contributed by atoms with E-state index in [-0.39, 0.29) is 17.9 Å². The van der Waals surface area contributed by atoms with Gasteiger partial charge in [-0.2, -0.15) is 5.10 Å². The molecule has 1 amide bonds. The highest BCUT2D eigenvalue weighted by Gasteiger charge is 2.14. The quantitative estimate of drug-likeness (QED) is 0.113. The first-order valence-corrected chi connectivity index (χ1v) is 13.8. The van der Waals surface area contributed by atoms with Crippen LogP contribution >= 0.6 is 27.5 Å². The smallest absolute Gasteiger partial charge is 0.260 e. The number of hydrogen-bond acceptors (Lipinski definition) is 5. The Balaban J connectivity index is 1.33. The lowest BCUT2D eigenvalue weighted by Crippen LogP contribution is -2.25. The van der Waals surface area contributed by atoms with E-state index in [4.69, 9.17) is 21.1 Å². The number of fused-ring (bicyclic) bond motifs is 2. The van der Waals surface area contributed by atoms with E-state index in [2.05, 4.69) is 26.5 Å². The number of amides is 1. The maximum Gasteiger partial charge on any atom is 0.260 e. The molecule has 7 nitrogen and oxygen atoms in total. The van der Waals surface area contributed by atoms with Gasteiger partial charge in [-0.3, -0.25) is 9.59 Å². The van der Waals surface area contributed by atoms with Gasteiger partial charge >= 0.3 is 0 Å². The van der Waals surface area contributed by atoms with Crippen molar-refractivity contribution < 1.29 is 14.3 Å². The molecule has 0 aliphatic rings. The third-order valence-electron chi connectivity index (χ3n) is 6.21. The van der Waals surface area contributed by atoms with Gasteiger partial charge in [0.25, 0.3) is 5.91 Å². The minimum Gasteiger partial charge on any atom is -0.490 e. The maximum absolute atomic E-state index is 12.9. The number of para-hydroxylation sites is 2. The third-order valence-corrected chi connectivity index (χ3v) is 7.05. The van der Waals surface area contributed by atoms with E-state index >= 15 is 0 Å². The van der Waals surface area contributed by atoms with Crippen molar-refractivity contribution in [1.29, 1.82) is 0 Å². The van der Waals surface area contributed by atoms with Gasteiger partial charge in [0.2, 0.25) is 0 Å². The van der Waals surface area contributed by atoms with Gasteiger partial charge in [-0.05, 0) is 82.5 Å². The van der Waals surface area contributed by atoms with Crippen molar-refractivity contribution >= 4 is 61.5 Å². The number of halogens is 2. The van der Waals surface area contributed by atoms with Crippen LogP contribution in [0.2, 0.25) is 5.02 Å². The first kappa shape index (κ1) is 27.4. The SMILES string of the molecule is CCOc1cc(/C=N\NC(=O)Cn2c3ccccc3c(=O)c3ccccc32)cc(Br)c1OCc1ccc(Cl)cc1. The van der Waals surface area contributed by atoms with Crippen molar-refractivity contribution in [3.8, 4) is 11.5 Å². The molecule has 0 saturated carbocycles. The number of hydrazone groups is 1.